The van der Waals surface area contributed by atoms with Crippen LogP contribution in [-0.2, 0) is 0 Å². The molecule has 0 N–H and O–H groups in total. The number of fused-ring (bicyclic) bond motifs is 5. The van der Waals surface area contributed by atoms with Gasteiger partial charge in [-0.25, -0.2) is 0 Å². The average molecular weight is 523 g/mol. The minimum atomic E-state index is 1.09. The highest BCUT2D eigenvalue weighted by molar-refractivity contribution is 6.20. The maximum Gasteiger partial charge on any atom is -0.00262 e. The zero-order chi connectivity index (χ0) is 27.3. The van der Waals surface area contributed by atoms with Gasteiger partial charge in [-0.3, -0.25) is 0 Å². The van der Waals surface area contributed by atoms with Gasteiger partial charge in [-0.2, -0.15) is 0 Å². The van der Waals surface area contributed by atoms with Crippen LogP contribution in [0, 0.1) is 6.92 Å². The molecule has 0 aromatic heterocycles. The summed E-state index contributed by atoms with van der Waals surface area (Å²) in [5.74, 6) is 0. The summed E-state index contributed by atoms with van der Waals surface area (Å²) in [4.78, 5) is 0. The van der Waals surface area contributed by atoms with Crippen LogP contribution in [0.1, 0.15) is 24.0 Å². The van der Waals surface area contributed by atoms with Crippen LogP contribution in [0.3, 0.4) is 0 Å². The van der Waals surface area contributed by atoms with E-state index in [2.05, 4.69) is 146 Å². The number of allylic oxidation sites excluding steroid dienone is 4. The molecule has 1 aliphatic carbocycles. The molecule has 0 fully saturated rings. The Morgan fingerprint density at radius 2 is 1.12 bits per heavy atom. The van der Waals surface area contributed by atoms with E-state index in [1.807, 2.05) is 0 Å². The molecular weight excluding hydrogens is 492 g/mol. The minimum Gasteiger partial charge on any atom is -0.0836 e. The average Bonchev–Trinajstić information content (AvgIpc) is 3.03. The molecule has 0 atom stereocenters. The first kappa shape index (κ1) is 23.9. The first-order chi connectivity index (χ1) is 20.3. The van der Waals surface area contributed by atoms with Crippen molar-refractivity contribution in [3.05, 3.63) is 151 Å². The standard InChI is InChI=1S/C41H30/c1-27-22-23-33-32-17-6-5-14-30(32)26-38(39(33)24-27)29-15-11-16-31(25-29)41-36-20-9-7-18-34(36)40(28-12-3-2-4-13-28)35-19-8-10-21-37(35)41/h3,5-26H,2,4H2,1H3. The number of rotatable bonds is 3. The number of hydrogen-bond donors (Lipinski definition) is 0. The van der Waals surface area contributed by atoms with Crippen LogP contribution in [0.15, 0.2) is 140 Å². The van der Waals surface area contributed by atoms with Crippen LogP contribution in [0.5, 0.6) is 0 Å². The second-order valence-electron chi connectivity index (χ2n) is 11.3. The zero-order valence-electron chi connectivity index (χ0n) is 23.2. The van der Waals surface area contributed by atoms with Crippen LogP contribution in [0.25, 0.3) is 70.9 Å². The molecule has 194 valence electrons. The Morgan fingerprint density at radius 3 is 1.83 bits per heavy atom. The summed E-state index contributed by atoms with van der Waals surface area (Å²) in [6.45, 7) is 2.19. The largest absolute Gasteiger partial charge is 0.0836 e. The van der Waals surface area contributed by atoms with Crippen molar-refractivity contribution in [3.8, 4) is 22.3 Å². The Labute approximate surface area is 240 Å². The van der Waals surface area contributed by atoms with E-state index in [1.165, 1.54) is 82.0 Å². The van der Waals surface area contributed by atoms with Crippen LogP contribution in [0.4, 0.5) is 0 Å². The number of hydrogen-bond acceptors (Lipinski definition) is 0. The highest BCUT2D eigenvalue weighted by Crippen LogP contribution is 2.44. The first-order valence-corrected chi connectivity index (χ1v) is 14.6. The zero-order valence-corrected chi connectivity index (χ0v) is 23.2. The quantitative estimate of drug-likeness (QED) is 0.160. The topological polar surface area (TPSA) is 0 Å². The maximum atomic E-state index is 2.40. The SMILES string of the molecule is Cc1ccc2c(c1)c(-c1cccc(-c3c4ccccc4c(C4=CCCC=C4)c4ccccc34)c1)cc1ccccc12. The fourth-order valence-corrected chi connectivity index (χ4v) is 6.85. The lowest BCUT2D eigenvalue weighted by atomic mass is 9.84. The Hall–Kier alpha value is -4.94. The predicted molar refractivity (Wildman–Crippen MR) is 178 cm³/mol. The molecule has 1 aliphatic rings. The molecule has 0 saturated carbocycles. The third-order valence-electron chi connectivity index (χ3n) is 8.69. The Kier molecular flexibility index (Phi) is 5.60. The molecule has 7 aromatic rings. The van der Waals surface area contributed by atoms with Gasteiger partial charge in [0, 0.05) is 0 Å². The van der Waals surface area contributed by atoms with E-state index in [4.69, 9.17) is 0 Å². The smallest absolute Gasteiger partial charge is 0.00262 e. The Bertz CT molecular complexity index is 2150. The molecule has 0 amide bonds. The van der Waals surface area contributed by atoms with Crippen molar-refractivity contribution >= 4 is 48.7 Å². The summed E-state index contributed by atoms with van der Waals surface area (Å²) in [6.07, 6.45) is 9.24. The van der Waals surface area contributed by atoms with Gasteiger partial charge < -0.3 is 0 Å². The fraction of sp³-hybridized carbons (Fsp3) is 0.0732. The van der Waals surface area contributed by atoms with E-state index < -0.39 is 0 Å². The van der Waals surface area contributed by atoms with Gasteiger partial charge in [0.2, 0.25) is 0 Å². The summed E-state index contributed by atoms with van der Waals surface area (Å²) < 4.78 is 0. The van der Waals surface area contributed by atoms with E-state index in [0.29, 0.717) is 0 Å². The van der Waals surface area contributed by atoms with Crippen molar-refractivity contribution in [2.24, 2.45) is 0 Å². The molecule has 7 aromatic carbocycles. The summed E-state index contributed by atoms with van der Waals surface area (Å²) in [5.41, 5.74) is 9.06. The molecule has 0 aliphatic heterocycles. The molecule has 0 unspecified atom stereocenters. The third kappa shape index (κ3) is 3.90. The van der Waals surface area contributed by atoms with Crippen molar-refractivity contribution in [1.82, 2.24) is 0 Å². The summed E-state index contributed by atoms with van der Waals surface area (Å²) >= 11 is 0. The van der Waals surface area contributed by atoms with Crippen molar-refractivity contribution in [1.29, 1.82) is 0 Å². The first-order valence-electron chi connectivity index (χ1n) is 14.6. The van der Waals surface area contributed by atoms with Crippen molar-refractivity contribution in [2.45, 2.75) is 19.8 Å². The lowest BCUT2D eigenvalue weighted by Gasteiger charge is -2.19. The van der Waals surface area contributed by atoms with Crippen molar-refractivity contribution in [2.75, 3.05) is 0 Å². The fourth-order valence-electron chi connectivity index (χ4n) is 6.85. The molecular formula is C41H30. The third-order valence-corrected chi connectivity index (χ3v) is 8.69. The summed E-state index contributed by atoms with van der Waals surface area (Å²) in [5, 5.41) is 10.4. The second kappa shape index (κ2) is 9.61. The summed E-state index contributed by atoms with van der Waals surface area (Å²) in [7, 11) is 0. The van der Waals surface area contributed by atoms with Crippen LogP contribution in [0.2, 0.25) is 0 Å². The van der Waals surface area contributed by atoms with E-state index in [1.54, 1.807) is 0 Å². The van der Waals surface area contributed by atoms with Gasteiger partial charge >= 0.3 is 0 Å². The van der Waals surface area contributed by atoms with E-state index >= 15 is 0 Å². The van der Waals surface area contributed by atoms with E-state index in [0.717, 1.165) is 12.8 Å². The normalized spacial score (nSPS) is 13.3. The maximum absolute atomic E-state index is 2.40. The monoisotopic (exact) mass is 522 g/mol. The molecule has 0 spiro atoms. The number of aryl methyl sites for hydroxylation is 1. The predicted octanol–water partition coefficient (Wildman–Crippen LogP) is 11.7. The van der Waals surface area contributed by atoms with E-state index in [-0.39, 0.29) is 0 Å². The van der Waals surface area contributed by atoms with Gasteiger partial charge in [0.25, 0.3) is 0 Å². The molecule has 0 radical (unpaired) electrons. The Morgan fingerprint density at radius 1 is 0.463 bits per heavy atom. The van der Waals surface area contributed by atoms with Crippen LogP contribution >= 0.6 is 0 Å². The Balaban J connectivity index is 1.43. The summed E-state index contributed by atoms with van der Waals surface area (Å²) in [6, 6.07) is 45.1. The van der Waals surface area contributed by atoms with Crippen molar-refractivity contribution in [3.63, 3.8) is 0 Å². The second-order valence-corrected chi connectivity index (χ2v) is 11.3. The molecule has 41 heavy (non-hydrogen) atoms. The van der Waals surface area contributed by atoms with Crippen LogP contribution in [-0.4, -0.2) is 0 Å². The van der Waals surface area contributed by atoms with Gasteiger partial charge in [0.1, 0.15) is 0 Å². The molecule has 0 heteroatoms. The number of benzene rings is 7. The minimum absolute atomic E-state index is 1.09. The molecule has 0 bridgehead atoms. The van der Waals surface area contributed by atoms with Crippen LogP contribution < -0.4 is 0 Å². The highest BCUT2D eigenvalue weighted by atomic mass is 14.2. The van der Waals surface area contributed by atoms with E-state index in [9.17, 15) is 0 Å². The molecule has 0 nitrogen and oxygen atoms in total. The van der Waals surface area contributed by atoms with Gasteiger partial charge in [-0.1, -0.05) is 133 Å². The van der Waals surface area contributed by atoms with Gasteiger partial charge in [-0.05, 0) is 108 Å². The lowest BCUT2D eigenvalue weighted by molar-refractivity contribution is 1.04. The van der Waals surface area contributed by atoms with Gasteiger partial charge in [-0.15, -0.1) is 0 Å². The van der Waals surface area contributed by atoms with Gasteiger partial charge in [0.05, 0.1) is 0 Å². The lowest BCUT2D eigenvalue weighted by Crippen LogP contribution is -1.94. The van der Waals surface area contributed by atoms with Gasteiger partial charge in [0.15, 0.2) is 0 Å². The molecule has 0 saturated heterocycles. The highest BCUT2D eigenvalue weighted by Gasteiger charge is 2.18. The molecule has 8 rings (SSSR count). The van der Waals surface area contributed by atoms with Crippen molar-refractivity contribution < 1.29 is 0 Å². The molecule has 0 heterocycles.